The van der Waals surface area contributed by atoms with Crippen molar-refractivity contribution in [1.29, 1.82) is 0 Å². The summed E-state index contributed by atoms with van der Waals surface area (Å²) in [5, 5.41) is 4.58. The number of benzene rings is 1. The topological polar surface area (TPSA) is 9.23 Å². The molecule has 1 aromatic heterocycles. The molecule has 0 amide bonds. The van der Waals surface area contributed by atoms with Gasteiger partial charge >= 0.3 is 0 Å². The van der Waals surface area contributed by atoms with Crippen molar-refractivity contribution in [2.24, 2.45) is 0 Å². The molecular formula is C11H11OS. The average Bonchev–Trinajstić information content (AvgIpc) is 2.59. The predicted octanol–water partition coefficient (Wildman–Crippen LogP) is 3.27. The van der Waals surface area contributed by atoms with E-state index < -0.39 is 0 Å². The van der Waals surface area contributed by atoms with Gasteiger partial charge in [-0.1, -0.05) is 6.92 Å². The van der Waals surface area contributed by atoms with Crippen LogP contribution in [0.4, 0.5) is 0 Å². The van der Waals surface area contributed by atoms with Crippen LogP contribution in [0.2, 0.25) is 0 Å². The van der Waals surface area contributed by atoms with Gasteiger partial charge in [-0.3, -0.25) is 0 Å². The first kappa shape index (κ1) is 8.57. The maximum Gasteiger partial charge on any atom is 0.119 e. The van der Waals surface area contributed by atoms with E-state index >= 15 is 0 Å². The van der Waals surface area contributed by atoms with E-state index in [-0.39, 0.29) is 0 Å². The zero-order valence-corrected chi connectivity index (χ0v) is 8.57. The minimum atomic E-state index is 0.925. The highest BCUT2D eigenvalue weighted by Gasteiger charge is 2.03. The molecule has 1 radical (unpaired) electrons. The second kappa shape index (κ2) is 3.38. The number of aryl methyl sites for hydroxylation is 1. The lowest BCUT2D eigenvalue weighted by Gasteiger charge is -1.99. The molecule has 2 heteroatoms. The summed E-state index contributed by atoms with van der Waals surface area (Å²) >= 11 is 1.68. The van der Waals surface area contributed by atoms with E-state index in [9.17, 15) is 0 Å². The molecule has 0 aliphatic rings. The molecule has 1 aromatic carbocycles. The van der Waals surface area contributed by atoms with Crippen LogP contribution >= 0.6 is 11.3 Å². The molecule has 1 heterocycles. The van der Waals surface area contributed by atoms with Crippen molar-refractivity contribution >= 4 is 21.4 Å². The van der Waals surface area contributed by atoms with Gasteiger partial charge in [-0.15, -0.1) is 11.3 Å². The smallest absolute Gasteiger partial charge is 0.119 e. The first-order valence-electron chi connectivity index (χ1n) is 4.32. The Bertz CT molecular complexity index is 417. The molecule has 0 unspecified atom stereocenters. The fraction of sp³-hybridized carbons (Fsp3) is 0.273. The number of methoxy groups -OCH3 is 1. The van der Waals surface area contributed by atoms with Crippen LogP contribution in [0.15, 0.2) is 18.2 Å². The number of ether oxygens (including phenoxy) is 1. The minimum Gasteiger partial charge on any atom is -0.497 e. The largest absolute Gasteiger partial charge is 0.497 e. The minimum absolute atomic E-state index is 0.925. The molecule has 67 valence electrons. The Morgan fingerprint density at radius 3 is 3.00 bits per heavy atom. The number of rotatable bonds is 2. The fourth-order valence-electron chi connectivity index (χ4n) is 1.40. The molecule has 1 nitrogen and oxygen atoms in total. The van der Waals surface area contributed by atoms with Gasteiger partial charge in [-0.25, -0.2) is 0 Å². The summed E-state index contributed by atoms with van der Waals surface area (Å²) in [6.07, 6.45) is 1.03. The quantitative estimate of drug-likeness (QED) is 0.708. The molecule has 0 spiro atoms. The highest BCUT2D eigenvalue weighted by Crippen LogP contribution is 2.29. The Kier molecular flexibility index (Phi) is 2.23. The van der Waals surface area contributed by atoms with E-state index in [1.54, 1.807) is 18.4 Å². The zero-order chi connectivity index (χ0) is 9.26. The lowest BCUT2D eigenvalue weighted by atomic mass is 10.1. The van der Waals surface area contributed by atoms with Crippen molar-refractivity contribution in [3.63, 3.8) is 0 Å². The summed E-state index contributed by atoms with van der Waals surface area (Å²) < 4.78 is 6.47. The molecule has 0 saturated heterocycles. The maximum absolute atomic E-state index is 5.18. The third kappa shape index (κ3) is 1.42. The fourth-order valence-corrected chi connectivity index (χ4v) is 2.31. The molecule has 0 aliphatic carbocycles. The number of thiophene rings is 1. The third-order valence-corrected chi connectivity index (χ3v) is 3.07. The lowest BCUT2D eigenvalue weighted by molar-refractivity contribution is 0.415. The Labute approximate surface area is 82.0 Å². The van der Waals surface area contributed by atoms with Crippen LogP contribution < -0.4 is 4.74 Å². The van der Waals surface area contributed by atoms with E-state index in [1.807, 2.05) is 6.07 Å². The second-order valence-corrected chi connectivity index (χ2v) is 3.75. The number of hydrogen-bond donors (Lipinski definition) is 0. The summed E-state index contributed by atoms with van der Waals surface area (Å²) in [5.74, 6) is 0.925. The Morgan fingerprint density at radius 1 is 1.46 bits per heavy atom. The van der Waals surface area contributed by atoms with Gasteiger partial charge in [0.15, 0.2) is 0 Å². The van der Waals surface area contributed by atoms with Crippen molar-refractivity contribution in [2.45, 2.75) is 13.3 Å². The summed E-state index contributed by atoms with van der Waals surface area (Å²) in [7, 11) is 1.70. The Balaban J connectivity index is 2.64. The van der Waals surface area contributed by atoms with Crippen LogP contribution in [0.1, 0.15) is 12.5 Å². The van der Waals surface area contributed by atoms with Crippen LogP contribution in [0, 0.1) is 5.38 Å². The van der Waals surface area contributed by atoms with E-state index in [2.05, 4.69) is 24.4 Å². The van der Waals surface area contributed by atoms with Gasteiger partial charge in [0.05, 0.1) is 7.11 Å². The standard InChI is InChI=1S/C11H11OS/c1-3-8-7-13-11-5-4-9(12-2)6-10(8)11/h4-6H,3H2,1-2H3. The molecule has 2 aromatic rings. The molecular weight excluding hydrogens is 180 g/mol. The molecule has 0 saturated carbocycles. The van der Waals surface area contributed by atoms with Gasteiger partial charge in [0.25, 0.3) is 0 Å². The molecule has 0 N–H and O–H groups in total. The molecule has 0 atom stereocenters. The maximum atomic E-state index is 5.18. The van der Waals surface area contributed by atoms with Gasteiger partial charge in [-0.2, -0.15) is 0 Å². The first-order valence-corrected chi connectivity index (χ1v) is 5.14. The van der Waals surface area contributed by atoms with E-state index in [4.69, 9.17) is 4.74 Å². The van der Waals surface area contributed by atoms with Crippen molar-refractivity contribution in [3.05, 3.63) is 29.1 Å². The molecule has 2 rings (SSSR count). The van der Waals surface area contributed by atoms with E-state index in [1.165, 1.54) is 15.6 Å². The van der Waals surface area contributed by atoms with Crippen LogP contribution in [-0.4, -0.2) is 7.11 Å². The summed E-state index contributed by atoms with van der Waals surface area (Å²) in [6.45, 7) is 2.15. The van der Waals surface area contributed by atoms with E-state index in [0.29, 0.717) is 0 Å². The normalized spacial score (nSPS) is 10.6. The first-order chi connectivity index (χ1) is 6.35. The predicted molar refractivity (Wildman–Crippen MR) is 56.6 cm³/mol. The monoisotopic (exact) mass is 191 g/mol. The van der Waals surface area contributed by atoms with Crippen molar-refractivity contribution < 1.29 is 4.74 Å². The van der Waals surface area contributed by atoms with Gasteiger partial charge < -0.3 is 4.74 Å². The van der Waals surface area contributed by atoms with Crippen molar-refractivity contribution in [1.82, 2.24) is 0 Å². The SMILES string of the molecule is CCc1[c]sc2ccc(OC)cc12. The summed E-state index contributed by atoms with van der Waals surface area (Å²) in [6, 6.07) is 6.17. The van der Waals surface area contributed by atoms with Gasteiger partial charge in [-0.05, 0) is 35.6 Å². The highest BCUT2D eigenvalue weighted by molar-refractivity contribution is 7.16. The van der Waals surface area contributed by atoms with Crippen LogP contribution in [-0.2, 0) is 6.42 Å². The third-order valence-electron chi connectivity index (χ3n) is 2.15. The van der Waals surface area contributed by atoms with Crippen molar-refractivity contribution in [2.75, 3.05) is 7.11 Å². The second-order valence-electron chi connectivity index (χ2n) is 2.90. The van der Waals surface area contributed by atoms with Gasteiger partial charge in [0.2, 0.25) is 0 Å². The van der Waals surface area contributed by atoms with Gasteiger partial charge in [0.1, 0.15) is 5.75 Å². The Hall–Kier alpha value is -1.02. The van der Waals surface area contributed by atoms with Crippen LogP contribution in [0.25, 0.3) is 10.1 Å². The molecule has 0 fully saturated rings. The average molecular weight is 191 g/mol. The van der Waals surface area contributed by atoms with E-state index in [0.717, 1.165) is 12.2 Å². The van der Waals surface area contributed by atoms with Crippen LogP contribution in [0.5, 0.6) is 5.75 Å². The molecule has 0 aliphatic heterocycles. The number of fused-ring (bicyclic) bond motifs is 1. The lowest BCUT2D eigenvalue weighted by Crippen LogP contribution is -1.82. The Morgan fingerprint density at radius 2 is 2.31 bits per heavy atom. The van der Waals surface area contributed by atoms with Crippen molar-refractivity contribution in [3.8, 4) is 5.75 Å². The molecule has 13 heavy (non-hydrogen) atoms. The summed E-state index contributed by atoms with van der Waals surface area (Å²) in [5.41, 5.74) is 1.29. The highest BCUT2D eigenvalue weighted by atomic mass is 32.1. The van der Waals surface area contributed by atoms with Crippen LogP contribution in [0.3, 0.4) is 0 Å². The molecule has 0 bridgehead atoms. The summed E-state index contributed by atoms with van der Waals surface area (Å²) in [4.78, 5) is 0. The zero-order valence-electron chi connectivity index (χ0n) is 7.76. The number of hydrogen-bond acceptors (Lipinski definition) is 2. The van der Waals surface area contributed by atoms with Gasteiger partial charge in [0, 0.05) is 10.1 Å².